The Morgan fingerprint density at radius 1 is 1.35 bits per heavy atom. The summed E-state index contributed by atoms with van der Waals surface area (Å²) in [6.07, 6.45) is 2.18. The van der Waals surface area contributed by atoms with Crippen LogP contribution in [0, 0.1) is 0 Å². The molecule has 1 heterocycles. The molecule has 0 bridgehead atoms. The summed E-state index contributed by atoms with van der Waals surface area (Å²) in [4.78, 5) is 2.30. The molecule has 1 N–H and O–H groups in total. The fraction of sp³-hybridized carbons (Fsp3) is 0.647. The molecular formula is C17H28N2O. The number of likely N-dealkylation sites (N-methyl/N-ethyl adjacent to an activating group) is 1. The Bertz CT molecular complexity index is 454. The van der Waals surface area contributed by atoms with Gasteiger partial charge in [-0.15, -0.1) is 0 Å². The average Bonchev–Trinajstić information content (AvgIpc) is 2.86. The maximum Gasteiger partial charge on any atom is 0.122 e. The van der Waals surface area contributed by atoms with Gasteiger partial charge in [-0.05, 0) is 58.1 Å². The van der Waals surface area contributed by atoms with Crippen LogP contribution in [0.4, 0.5) is 0 Å². The summed E-state index contributed by atoms with van der Waals surface area (Å²) >= 11 is 0. The minimum atomic E-state index is 0.0584. The Morgan fingerprint density at radius 3 is 2.75 bits per heavy atom. The first-order chi connectivity index (χ1) is 9.46. The van der Waals surface area contributed by atoms with Crippen LogP contribution in [0.2, 0.25) is 0 Å². The second kappa shape index (κ2) is 6.15. The topological polar surface area (TPSA) is 24.5 Å². The largest absolute Gasteiger partial charge is 0.493 e. The maximum absolute atomic E-state index is 5.62. The van der Waals surface area contributed by atoms with Crippen molar-refractivity contribution < 1.29 is 4.74 Å². The van der Waals surface area contributed by atoms with Crippen LogP contribution >= 0.6 is 0 Å². The normalized spacial score (nSPS) is 16.1. The third-order valence-corrected chi connectivity index (χ3v) is 4.50. The molecule has 0 fully saturated rings. The lowest BCUT2D eigenvalue weighted by molar-refractivity contribution is 0.138. The van der Waals surface area contributed by atoms with Crippen molar-refractivity contribution in [3.05, 3.63) is 29.3 Å². The van der Waals surface area contributed by atoms with E-state index >= 15 is 0 Å². The van der Waals surface area contributed by atoms with Crippen molar-refractivity contribution in [2.75, 3.05) is 27.2 Å². The molecule has 0 aromatic heterocycles. The first-order valence-corrected chi connectivity index (χ1v) is 7.63. The number of fused-ring (bicyclic) bond motifs is 1. The van der Waals surface area contributed by atoms with Gasteiger partial charge in [-0.3, -0.25) is 0 Å². The minimum absolute atomic E-state index is 0.0584. The van der Waals surface area contributed by atoms with Gasteiger partial charge in [0.25, 0.3) is 0 Å². The summed E-state index contributed by atoms with van der Waals surface area (Å²) in [7, 11) is 4.30. The van der Waals surface area contributed by atoms with Crippen molar-refractivity contribution in [2.45, 2.75) is 45.2 Å². The lowest BCUT2D eigenvalue weighted by Crippen LogP contribution is -2.49. The van der Waals surface area contributed by atoms with Crippen molar-refractivity contribution >= 4 is 0 Å². The summed E-state index contributed by atoms with van der Waals surface area (Å²) in [5.41, 5.74) is 2.77. The predicted molar refractivity (Wildman–Crippen MR) is 84.4 cm³/mol. The molecule has 0 aliphatic carbocycles. The molecule has 1 aliphatic rings. The van der Waals surface area contributed by atoms with Gasteiger partial charge in [-0.1, -0.05) is 19.1 Å². The van der Waals surface area contributed by atoms with Crippen LogP contribution in [-0.4, -0.2) is 37.7 Å². The molecule has 3 nitrogen and oxygen atoms in total. The van der Waals surface area contributed by atoms with Gasteiger partial charge >= 0.3 is 0 Å². The standard InChI is InChI=1S/C17H28N2O/c1-6-10-18-16(17(2,3)19(4)5)14-7-8-15-13(12-14)9-11-20-15/h7-8,12,16,18H,6,9-11H2,1-5H3. The first kappa shape index (κ1) is 15.3. The molecule has 0 saturated carbocycles. The summed E-state index contributed by atoms with van der Waals surface area (Å²) in [6.45, 7) is 8.66. The number of rotatable bonds is 6. The van der Waals surface area contributed by atoms with E-state index in [4.69, 9.17) is 4.74 Å². The highest BCUT2D eigenvalue weighted by Crippen LogP contribution is 2.34. The van der Waals surface area contributed by atoms with E-state index in [2.05, 4.69) is 63.3 Å². The van der Waals surface area contributed by atoms with Gasteiger partial charge in [0.1, 0.15) is 5.75 Å². The van der Waals surface area contributed by atoms with E-state index in [-0.39, 0.29) is 5.54 Å². The molecule has 1 aliphatic heterocycles. The quantitative estimate of drug-likeness (QED) is 0.864. The zero-order valence-corrected chi connectivity index (χ0v) is 13.5. The summed E-state index contributed by atoms with van der Waals surface area (Å²) in [6, 6.07) is 6.98. The van der Waals surface area contributed by atoms with Gasteiger partial charge < -0.3 is 15.0 Å². The third-order valence-electron chi connectivity index (χ3n) is 4.50. The van der Waals surface area contributed by atoms with E-state index < -0.39 is 0 Å². The van der Waals surface area contributed by atoms with E-state index in [0.717, 1.165) is 31.7 Å². The Balaban J connectivity index is 2.31. The molecule has 20 heavy (non-hydrogen) atoms. The molecule has 0 amide bonds. The van der Waals surface area contributed by atoms with E-state index in [9.17, 15) is 0 Å². The maximum atomic E-state index is 5.62. The minimum Gasteiger partial charge on any atom is -0.493 e. The van der Waals surface area contributed by atoms with Crippen molar-refractivity contribution in [1.82, 2.24) is 10.2 Å². The number of nitrogens with one attached hydrogen (secondary N) is 1. The number of ether oxygens (including phenoxy) is 1. The highest BCUT2D eigenvalue weighted by Gasteiger charge is 2.33. The fourth-order valence-corrected chi connectivity index (χ4v) is 2.71. The molecule has 2 rings (SSSR count). The monoisotopic (exact) mass is 276 g/mol. The zero-order valence-electron chi connectivity index (χ0n) is 13.5. The smallest absolute Gasteiger partial charge is 0.122 e. The second-order valence-corrected chi connectivity index (χ2v) is 6.40. The molecule has 0 spiro atoms. The molecule has 0 radical (unpaired) electrons. The second-order valence-electron chi connectivity index (χ2n) is 6.40. The average molecular weight is 276 g/mol. The first-order valence-electron chi connectivity index (χ1n) is 7.63. The van der Waals surface area contributed by atoms with E-state index in [1.165, 1.54) is 11.1 Å². The van der Waals surface area contributed by atoms with Crippen LogP contribution in [0.25, 0.3) is 0 Å². The van der Waals surface area contributed by atoms with Crippen molar-refractivity contribution in [3.63, 3.8) is 0 Å². The van der Waals surface area contributed by atoms with E-state index in [1.54, 1.807) is 0 Å². The number of benzene rings is 1. The fourth-order valence-electron chi connectivity index (χ4n) is 2.71. The number of nitrogens with zero attached hydrogens (tertiary/aromatic N) is 1. The van der Waals surface area contributed by atoms with Crippen LogP contribution < -0.4 is 10.1 Å². The van der Waals surface area contributed by atoms with Crippen LogP contribution in [0.3, 0.4) is 0 Å². The zero-order chi connectivity index (χ0) is 14.8. The Morgan fingerprint density at radius 2 is 2.10 bits per heavy atom. The Hall–Kier alpha value is -1.06. The van der Waals surface area contributed by atoms with Gasteiger partial charge in [0, 0.05) is 12.0 Å². The van der Waals surface area contributed by atoms with Gasteiger partial charge in [0.05, 0.1) is 12.6 Å². The van der Waals surface area contributed by atoms with Crippen LogP contribution in [-0.2, 0) is 6.42 Å². The van der Waals surface area contributed by atoms with Gasteiger partial charge in [-0.2, -0.15) is 0 Å². The molecule has 3 heteroatoms. The van der Waals surface area contributed by atoms with Gasteiger partial charge in [-0.25, -0.2) is 0 Å². The van der Waals surface area contributed by atoms with Gasteiger partial charge in [0.15, 0.2) is 0 Å². The number of hydrogen-bond donors (Lipinski definition) is 1. The summed E-state index contributed by atoms with van der Waals surface area (Å²) < 4.78 is 5.62. The van der Waals surface area contributed by atoms with Crippen LogP contribution in [0.5, 0.6) is 5.75 Å². The molecule has 112 valence electrons. The molecule has 1 unspecified atom stereocenters. The molecule has 1 aromatic carbocycles. The predicted octanol–water partition coefficient (Wildman–Crippen LogP) is 3.00. The van der Waals surface area contributed by atoms with Gasteiger partial charge in [0.2, 0.25) is 0 Å². The Kier molecular flexibility index (Phi) is 4.71. The highest BCUT2D eigenvalue weighted by atomic mass is 16.5. The van der Waals surface area contributed by atoms with Crippen LogP contribution in [0.1, 0.15) is 44.4 Å². The van der Waals surface area contributed by atoms with Crippen molar-refractivity contribution in [1.29, 1.82) is 0 Å². The molecule has 1 atom stereocenters. The van der Waals surface area contributed by atoms with Crippen molar-refractivity contribution in [3.8, 4) is 5.75 Å². The lowest BCUT2D eigenvalue weighted by Gasteiger charge is -2.41. The Labute approximate surface area is 123 Å². The molecular weight excluding hydrogens is 248 g/mol. The molecule has 0 saturated heterocycles. The van der Waals surface area contributed by atoms with Crippen LogP contribution in [0.15, 0.2) is 18.2 Å². The summed E-state index contributed by atoms with van der Waals surface area (Å²) in [5, 5.41) is 3.72. The summed E-state index contributed by atoms with van der Waals surface area (Å²) in [5.74, 6) is 1.06. The number of hydrogen-bond acceptors (Lipinski definition) is 3. The van der Waals surface area contributed by atoms with E-state index in [0.29, 0.717) is 6.04 Å². The van der Waals surface area contributed by atoms with E-state index in [1.807, 2.05) is 0 Å². The highest BCUT2D eigenvalue weighted by molar-refractivity contribution is 5.41. The lowest BCUT2D eigenvalue weighted by atomic mass is 9.86. The SMILES string of the molecule is CCCNC(c1ccc2c(c1)CCO2)C(C)(C)N(C)C. The third kappa shape index (κ3) is 2.99. The van der Waals surface area contributed by atoms with Crippen molar-refractivity contribution in [2.24, 2.45) is 0 Å². The molecule has 1 aromatic rings.